The van der Waals surface area contributed by atoms with Gasteiger partial charge in [0.2, 0.25) is 5.91 Å². The van der Waals surface area contributed by atoms with Gasteiger partial charge in [-0.05, 0) is 42.3 Å². The number of nitrogens with zero attached hydrogens (tertiary/aromatic N) is 2. The molecule has 0 saturated carbocycles. The molecule has 0 aliphatic carbocycles. The van der Waals surface area contributed by atoms with Gasteiger partial charge in [0.1, 0.15) is 0 Å². The van der Waals surface area contributed by atoms with Gasteiger partial charge in [0.05, 0.1) is 5.92 Å². The summed E-state index contributed by atoms with van der Waals surface area (Å²) >= 11 is 1.82. The topological polar surface area (TPSA) is 120 Å². The van der Waals surface area contributed by atoms with Crippen LogP contribution < -0.4 is 5.32 Å². The van der Waals surface area contributed by atoms with Crippen molar-refractivity contribution in [2.75, 3.05) is 13.1 Å². The van der Waals surface area contributed by atoms with Gasteiger partial charge in [-0.2, -0.15) is 26.3 Å². The Balaban J connectivity index is 0.000000286. The molecule has 15 heteroatoms. The second kappa shape index (κ2) is 12.4. The molecular weight excluding hydrogens is 532 g/mol. The molecule has 2 aliphatic rings. The van der Waals surface area contributed by atoms with E-state index in [1.807, 2.05) is 29.7 Å². The fourth-order valence-corrected chi connectivity index (χ4v) is 4.57. The molecule has 2 aromatic heterocycles. The number of rotatable bonds is 3. The predicted octanol–water partition coefficient (Wildman–Crippen LogP) is 4.05. The summed E-state index contributed by atoms with van der Waals surface area (Å²) < 4.78 is 63.5. The Morgan fingerprint density at radius 1 is 1.05 bits per heavy atom. The maximum Gasteiger partial charge on any atom is 0.490 e. The molecule has 4 heterocycles. The lowest BCUT2D eigenvalue weighted by Gasteiger charge is -2.39. The Kier molecular flexibility index (Phi) is 10.0. The summed E-state index contributed by atoms with van der Waals surface area (Å²) in [5.74, 6) is -5.38. The van der Waals surface area contributed by atoms with E-state index in [0.717, 1.165) is 44.5 Å². The largest absolute Gasteiger partial charge is 0.490 e. The number of alkyl halides is 6. The molecule has 0 bridgehead atoms. The summed E-state index contributed by atoms with van der Waals surface area (Å²) in [6, 6.07) is 8.24. The van der Waals surface area contributed by atoms with E-state index in [0.29, 0.717) is 0 Å². The van der Waals surface area contributed by atoms with Crippen LogP contribution in [0.25, 0.3) is 0 Å². The smallest absolute Gasteiger partial charge is 0.475 e. The predicted molar refractivity (Wildman–Crippen MR) is 119 cm³/mol. The van der Waals surface area contributed by atoms with E-state index in [-0.39, 0.29) is 17.4 Å². The molecule has 2 aromatic rings. The fraction of sp³-hybridized carbons (Fsp3) is 0.455. The number of carbonyl (C=O) groups excluding carboxylic acids is 1. The van der Waals surface area contributed by atoms with Crippen LogP contribution in [-0.2, 0) is 20.9 Å². The zero-order valence-electron chi connectivity index (χ0n) is 19.1. The third kappa shape index (κ3) is 9.31. The number of carbonyl (C=O) groups is 3. The van der Waals surface area contributed by atoms with E-state index in [9.17, 15) is 31.1 Å². The van der Waals surface area contributed by atoms with Crippen LogP contribution in [0.15, 0.2) is 42.0 Å². The van der Waals surface area contributed by atoms with Crippen molar-refractivity contribution in [3.8, 4) is 0 Å². The number of aromatic nitrogens is 1. The van der Waals surface area contributed by atoms with Crippen LogP contribution in [0.5, 0.6) is 0 Å². The number of aliphatic carboxylic acids is 2. The SMILES string of the molecule is O=C(O)C(F)(F)F.O=C(O)C(F)(F)F.O=C1NC2(CCN(Cc3cccs3)CC2)CC1c1cccnc1. The van der Waals surface area contributed by atoms with Crippen molar-refractivity contribution in [1.82, 2.24) is 15.2 Å². The van der Waals surface area contributed by atoms with Crippen molar-refractivity contribution >= 4 is 29.2 Å². The standard InChI is InChI=1S/C18H21N3OS.2C2HF3O2/c22-17-16(14-3-1-7-19-12-14)11-18(20-17)5-8-21(9-6-18)13-15-4-2-10-23-15;2*3-2(4,5)1(6)7/h1-4,7,10,12,16H,5-6,8-9,11,13H2,(H,20,22);2*(H,6,7). The molecule has 1 spiro atoms. The first-order valence-corrected chi connectivity index (χ1v) is 11.6. The van der Waals surface area contributed by atoms with Crippen LogP contribution in [0.2, 0.25) is 0 Å². The number of halogens is 6. The number of thiophene rings is 1. The summed E-state index contributed by atoms with van der Waals surface area (Å²) in [4.78, 5) is 38.3. The molecule has 204 valence electrons. The normalized spacial score (nSPS) is 19.2. The molecule has 37 heavy (non-hydrogen) atoms. The van der Waals surface area contributed by atoms with Crippen molar-refractivity contribution in [3.05, 3.63) is 52.5 Å². The van der Waals surface area contributed by atoms with Gasteiger partial charge in [0.15, 0.2) is 0 Å². The van der Waals surface area contributed by atoms with Crippen molar-refractivity contribution in [2.24, 2.45) is 0 Å². The minimum atomic E-state index is -5.08. The van der Waals surface area contributed by atoms with Gasteiger partial charge in [0, 0.05) is 42.4 Å². The zero-order chi connectivity index (χ0) is 27.9. The van der Waals surface area contributed by atoms with Gasteiger partial charge in [-0.3, -0.25) is 14.7 Å². The van der Waals surface area contributed by atoms with Crippen LogP contribution in [0.1, 0.15) is 35.6 Å². The molecule has 1 atom stereocenters. The highest BCUT2D eigenvalue weighted by Crippen LogP contribution is 2.39. The summed E-state index contributed by atoms with van der Waals surface area (Å²) in [5.41, 5.74) is 1.03. The molecule has 3 N–H and O–H groups in total. The number of carboxylic acids is 2. The summed E-state index contributed by atoms with van der Waals surface area (Å²) in [6.45, 7) is 3.14. The summed E-state index contributed by atoms with van der Waals surface area (Å²) in [7, 11) is 0. The highest BCUT2D eigenvalue weighted by Gasteiger charge is 2.46. The van der Waals surface area contributed by atoms with Crippen molar-refractivity contribution in [1.29, 1.82) is 0 Å². The number of hydrogen-bond donors (Lipinski definition) is 3. The van der Waals surface area contributed by atoms with E-state index < -0.39 is 24.3 Å². The van der Waals surface area contributed by atoms with Gasteiger partial charge in [-0.25, -0.2) is 9.59 Å². The van der Waals surface area contributed by atoms with Crippen LogP contribution >= 0.6 is 11.3 Å². The third-order valence-electron chi connectivity index (χ3n) is 5.64. The number of carboxylic acid groups (broad SMARTS) is 2. The van der Waals surface area contributed by atoms with Gasteiger partial charge in [-0.15, -0.1) is 11.3 Å². The zero-order valence-corrected chi connectivity index (χ0v) is 19.9. The number of nitrogens with one attached hydrogen (secondary N) is 1. The first-order valence-electron chi connectivity index (χ1n) is 10.7. The quantitative estimate of drug-likeness (QED) is 0.489. The van der Waals surface area contributed by atoms with E-state index in [1.165, 1.54) is 4.88 Å². The lowest BCUT2D eigenvalue weighted by molar-refractivity contribution is -0.193. The number of amides is 1. The molecule has 1 unspecified atom stereocenters. The molecule has 0 aromatic carbocycles. The second-order valence-corrected chi connectivity index (χ2v) is 9.31. The molecule has 1 amide bonds. The summed E-state index contributed by atoms with van der Waals surface area (Å²) in [5, 5.41) is 19.7. The van der Waals surface area contributed by atoms with Gasteiger partial charge in [0.25, 0.3) is 0 Å². The molecule has 0 radical (unpaired) electrons. The van der Waals surface area contributed by atoms with Crippen molar-refractivity contribution < 1.29 is 50.9 Å². The Labute approximate surface area is 210 Å². The van der Waals surface area contributed by atoms with E-state index >= 15 is 0 Å². The number of hydrogen-bond acceptors (Lipinski definition) is 6. The van der Waals surface area contributed by atoms with E-state index in [1.54, 1.807) is 6.20 Å². The molecule has 8 nitrogen and oxygen atoms in total. The van der Waals surface area contributed by atoms with Crippen molar-refractivity contribution in [2.45, 2.75) is 49.6 Å². The lowest BCUT2D eigenvalue weighted by atomic mass is 9.82. The monoisotopic (exact) mass is 555 g/mol. The highest BCUT2D eigenvalue weighted by molar-refractivity contribution is 7.09. The van der Waals surface area contributed by atoms with Gasteiger partial charge in [-0.1, -0.05) is 12.1 Å². The molecule has 4 rings (SSSR count). The van der Waals surface area contributed by atoms with Gasteiger partial charge >= 0.3 is 24.3 Å². The first kappa shape index (κ1) is 30.0. The lowest BCUT2D eigenvalue weighted by Crippen LogP contribution is -2.50. The Bertz CT molecular complexity index is 1020. The average molecular weight is 555 g/mol. The number of piperidine rings is 1. The first-order chi connectivity index (χ1) is 17.1. The second-order valence-electron chi connectivity index (χ2n) is 8.27. The van der Waals surface area contributed by atoms with Crippen LogP contribution in [0.3, 0.4) is 0 Å². The number of pyridine rings is 1. The molecule has 2 fully saturated rings. The Morgan fingerprint density at radius 2 is 1.62 bits per heavy atom. The Hall–Kier alpha value is -3.20. The number of likely N-dealkylation sites (tertiary alicyclic amines) is 1. The molecular formula is C22H23F6N3O5S. The summed E-state index contributed by atoms with van der Waals surface area (Å²) in [6.07, 6.45) is -3.59. The molecule has 2 aliphatic heterocycles. The third-order valence-corrected chi connectivity index (χ3v) is 6.51. The minimum Gasteiger partial charge on any atom is -0.475 e. The maximum atomic E-state index is 12.4. The fourth-order valence-electron chi connectivity index (χ4n) is 3.83. The van der Waals surface area contributed by atoms with Crippen molar-refractivity contribution in [3.63, 3.8) is 0 Å². The van der Waals surface area contributed by atoms with E-state index in [2.05, 4.69) is 32.7 Å². The minimum absolute atomic E-state index is 0.0104. The Morgan fingerprint density at radius 3 is 2.05 bits per heavy atom. The van der Waals surface area contributed by atoms with Gasteiger partial charge < -0.3 is 15.5 Å². The molecule has 2 saturated heterocycles. The van der Waals surface area contributed by atoms with Crippen LogP contribution in [0, 0.1) is 0 Å². The maximum absolute atomic E-state index is 12.4. The highest BCUT2D eigenvalue weighted by atomic mass is 32.1. The van der Waals surface area contributed by atoms with Crippen LogP contribution in [0.4, 0.5) is 26.3 Å². The van der Waals surface area contributed by atoms with Crippen LogP contribution in [-0.4, -0.2) is 68.9 Å². The van der Waals surface area contributed by atoms with E-state index in [4.69, 9.17) is 19.8 Å². The average Bonchev–Trinajstić information content (AvgIpc) is 3.43.